The lowest BCUT2D eigenvalue weighted by Crippen LogP contribution is -2.54. The maximum atomic E-state index is 11.9. The van der Waals surface area contributed by atoms with Gasteiger partial charge in [-0.05, 0) is 20.8 Å². The number of carboxylic acids is 1. The molecule has 0 radical (unpaired) electrons. The SMILES string of the molecule is CC(=O)NC(CN1CCN(C(=O)OC(C)(C)C)CC1)C(=O)O. The Hall–Kier alpha value is -1.83. The van der Waals surface area contributed by atoms with Crippen LogP contribution in [0.5, 0.6) is 0 Å². The predicted molar refractivity (Wildman–Crippen MR) is 79.5 cm³/mol. The Kier molecular flexibility index (Phi) is 6.16. The molecule has 1 heterocycles. The number of amides is 2. The summed E-state index contributed by atoms with van der Waals surface area (Å²) in [5.41, 5.74) is -0.534. The van der Waals surface area contributed by atoms with Crippen molar-refractivity contribution in [2.45, 2.75) is 39.3 Å². The molecule has 22 heavy (non-hydrogen) atoms. The van der Waals surface area contributed by atoms with Gasteiger partial charge in [-0.15, -0.1) is 0 Å². The van der Waals surface area contributed by atoms with E-state index in [1.165, 1.54) is 6.92 Å². The van der Waals surface area contributed by atoms with Gasteiger partial charge >= 0.3 is 12.1 Å². The highest BCUT2D eigenvalue weighted by atomic mass is 16.6. The number of nitrogens with zero attached hydrogens (tertiary/aromatic N) is 2. The fraction of sp³-hybridized carbons (Fsp3) is 0.786. The lowest BCUT2D eigenvalue weighted by Gasteiger charge is -2.36. The van der Waals surface area contributed by atoms with Gasteiger partial charge in [0.25, 0.3) is 0 Å². The van der Waals surface area contributed by atoms with Crippen LogP contribution in [-0.2, 0) is 14.3 Å². The summed E-state index contributed by atoms with van der Waals surface area (Å²) in [5.74, 6) is -1.44. The van der Waals surface area contributed by atoms with Crippen LogP contribution in [0.15, 0.2) is 0 Å². The average Bonchev–Trinajstić information content (AvgIpc) is 2.36. The van der Waals surface area contributed by atoms with Crippen molar-refractivity contribution in [2.24, 2.45) is 0 Å². The fourth-order valence-corrected chi connectivity index (χ4v) is 2.13. The second-order valence-electron chi connectivity index (χ2n) is 6.36. The smallest absolute Gasteiger partial charge is 0.410 e. The first-order valence-corrected chi connectivity index (χ1v) is 7.28. The van der Waals surface area contributed by atoms with Gasteiger partial charge in [0.1, 0.15) is 11.6 Å². The number of ether oxygens (including phenoxy) is 1. The molecule has 0 bridgehead atoms. The molecule has 0 aromatic rings. The Labute approximate surface area is 130 Å². The third-order valence-electron chi connectivity index (χ3n) is 3.14. The normalized spacial score (nSPS) is 17.7. The second kappa shape index (κ2) is 7.44. The number of hydrogen-bond acceptors (Lipinski definition) is 5. The molecule has 0 aromatic heterocycles. The summed E-state index contributed by atoms with van der Waals surface area (Å²) in [7, 11) is 0. The number of rotatable bonds is 4. The van der Waals surface area contributed by atoms with Gasteiger partial charge in [0.2, 0.25) is 5.91 Å². The minimum absolute atomic E-state index is 0.219. The summed E-state index contributed by atoms with van der Waals surface area (Å²) in [6.45, 7) is 8.98. The highest BCUT2D eigenvalue weighted by Crippen LogP contribution is 2.12. The topological polar surface area (TPSA) is 99.2 Å². The van der Waals surface area contributed by atoms with Crippen LogP contribution < -0.4 is 5.32 Å². The van der Waals surface area contributed by atoms with E-state index in [0.717, 1.165) is 0 Å². The zero-order valence-electron chi connectivity index (χ0n) is 13.6. The summed E-state index contributed by atoms with van der Waals surface area (Å²) in [5, 5.41) is 11.5. The number of nitrogens with one attached hydrogen (secondary N) is 1. The Bertz CT molecular complexity index is 425. The molecule has 1 aliphatic rings. The predicted octanol–water partition coefficient (Wildman–Crippen LogP) is 0.128. The number of aliphatic carboxylic acids is 1. The molecule has 1 unspecified atom stereocenters. The van der Waals surface area contributed by atoms with E-state index in [1.807, 2.05) is 25.7 Å². The molecule has 1 fully saturated rings. The molecule has 0 aromatic carbocycles. The monoisotopic (exact) mass is 315 g/mol. The van der Waals surface area contributed by atoms with Gasteiger partial charge in [0, 0.05) is 39.6 Å². The largest absolute Gasteiger partial charge is 0.480 e. The summed E-state index contributed by atoms with van der Waals surface area (Å²) >= 11 is 0. The van der Waals surface area contributed by atoms with Gasteiger partial charge in [-0.25, -0.2) is 9.59 Å². The molecule has 8 nitrogen and oxygen atoms in total. The Morgan fingerprint density at radius 1 is 1.18 bits per heavy atom. The molecule has 126 valence electrons. The van der Waals surface area contributed by atoms with E-state index in [4.69, 9.17) is 9.84 Å². The van der Waals surface area contributed by atoms with Gasteiger partial charge in [-0.2, -0.15) is 0 Å². The maximum Gasteiger partial charge on any atom is 0.410 e. The second-order valence-corrected chi connectivity index (χ2v) is 6.36. The van der Waals surface area contributed by atoms with Crippen LogP contribution in [0.1, 0.15) is 27.7 Å². The van der Waals surface area contributed by atoms with E-state index >= 15 is 0 Å². The van der Waals surface area contributed by atoms with Gasteiger partial charge in [-0.1, -0.05) is 0 Å². The molecule has 1 aliphatic heterocycles. The van der Waals surface area contributed by atoms with Crippen LogP contribution in [0.3, 0.4) is 0 Å². The quantitative estimate of drug-likeness (QED) is 0.765. The Balaban J connectivity index is 2.46. The fourth-order valence-electron chi connectivity index (χ4n) is 2.13. The molecule has 2 amide bonds. The van der Waals surface area contributed by atoms with Gasteiger partial charge < -0.3 is 20.1 Å². The van der Waals surface area contributed by atoms with E-state index in [0.29, 0.717) is 26.2 Å². The van der Waals surface area contributed by atoms with Crippen LogP contribution in [-0.4, -0.2) is 77.2 Å². The summed E-state index contributed by atoms with van der Waals surface area (Å²) < 4.78 is 5.30. The highest BCUT2D eigenvalue weighted by molar-refractivity contribution is 5.82. The van der Waals surface area contributed by atoms with E-state index in [9.17, 15) is 14.4 Å². The lowest BCUT2D eigenvalue weighted by molar-refractivity contribution is -0.142. The van der Waals surface area contributed by atoms with E-state index in [-0.39, 0.29) is 18.5 Å². The minimum atomic E-state index is -1.07. The standard InChI is InChI=1S/C14H25N3O5/c1-10(18)15-11(12(19)20)9-16-5-7-17(8-6-16)13(21)22-14(2,3)4/h11H,5-9H2,1-4H3,(H,15,18)(H,19,20). The first-order valence-electron chi connectivity index (χ1n) is 7.28. The molecule has 8 heteroatoms. The summed E-state index contributed by atoms with van der Waals surface area (Å²) in [6, 6.07) is -0.939. The van der Waals surface area contributed by atoms with Crippen molar-refractivity contribution in [1.82, 2.24) is 15.1 Å². The molecule has 1 rings (SSSR count). The Morgan fingerprint density at radius 3 is 2.14 bits per heavy atom. The maximum absolute atomic E-state index is 11.9. The zero-order valence-corrected chi connectivity index (χ0v) is 13.6. The molecule has 1 saturated heterocycles. The molecule has 0 aliphatic carbocycles. The highest BCUT2D eigenvalue weighted by Gasteiger charge is 2.28. The van der Waals surface area contributed by atoms with Crippen LogP contribution in [0.25, 0.3) is 0 Å². The average molecular weight is 315 g/mol. The van der Waals surface area contributed by atoms with Crippen LogP contribution in [0, 0.1) is 0 Å². The first kappa shape index (κ1) is 18.2. The third-order valence-corrected chi connectivity index (χ3v) is 3.14. The first-order chi connectivity index (χ1) is 10.1. The van der Waals surface area contributed by atoms with Crippen molar-refractivity contribution < 1.29 is 24.2 Å². The molecular weight excluding hydrogens is 290 g/mol. The van der Waals surface area contributed by atoms with Crippen LogP contribution in [0.2, 0.25) is 0 Å². The number of hydrogen-bond donors (Lipinski definition) is 2. The molecule has 0 saturated carbocycles. The molecule has 2 N–H and O–H groups in total. The molecule has 1 atom stereocenters. The van der Waals surface area contributed by atoms with Crippen molar-refractivity contribution in [3.05, 3.63) is 0 Å². The lowest BCUT2D eigenvalue weighted by atomic mass is 10.2. The number of carbonyl (C=O) groups is 3. The van der Waals surface area contributed by atoms with Crippen LogP contribution >= 0.6 is 0 Å². The van der Waals surface area contributed by atoms with Gasteiger partial charge in [0.15, 0.2) is 0 Å². The number of piperazine rings is 1. The van der Waals surface area contributed by atoms with Gasteiger partial charge in [-0.3, -0.25) is 9.69 Å². The van der Waals surface area contributed by atoms with E-state index in [1.54, 1.807) is 4.90 Å². The third kappa shape index (κ3) is 6.30. The van der Waals surface area contributed by atoms with Gasteiger partial charge in [0.05, 0.1) is 0 Å². The molecule has 0 spiro atoms. The van der Waals surface area contributed by atoms with E-state index in [2.05, 4.69) is 5.32 Å². The summed E-state index contributed by atoms with van der Waals surface area (Å²) in [4.78, 5) is 37.6. The Morgan fingerprint density at radius 2 is 1.73 bits per heavy atom. The zero-order chi connectivity index (χ0) is 16.9. The van der Waals surface area contributed by atoms with Crippen molar-refractivity contribution >= 4 is 18.0 Å². The van der Waals surface area contributed by atoms with Crippen molar-refractivity contribution in [1.29, 1.82) is 0 Å². The van der Waals surface area contributed by atoms with E-state index < -0.39 is 17.6 Å². The van der Waals surface area contributed by atoms with Crippen molar-refractivity contribution in [2.75, 3.05) is 32.7 Å². The van der Waals surface area contributed by atoms with Crippen LogP contribution in [0.4, 0.5) is 4.79 Å². The summed E-state index contributed by atoms with van der Waals surface area (Å²) in [6.07, 6.45) is -0.358. The van der Waals surface area contributed by atoms with Crippen molar-refractivity contribution in [3.63, 3.8) is 0 Å². The van der Waals surface area contributed by atoms with Crippen molar-refractivity contribution in [3.8, 4) is 0 Å². The molecular formula is C14H25N3O5. The minimum Gasteiger partial charge on any atom is -0.480 e. The number of carboxylic acid groups (broad SMARTS) is 1. The number of carbonyl (C=O) groups excluding carboxylic acids is 2.